The molecule has 2 aromatic rings. The van der Waals surface area contributed by atoms with Crippen LogP contribution < -0.4 is 14.8 Å². The number of likely N-dealkylation sites (tertiary alicyclic amines) is 1. The number of rotatable bonds is 3. The second kappa shape index (κ2) is 6.47. The monoisotopic (exact) mass is 328 g/mol. The largest absolute Gasteiger partial charge is 0.486 e. The number of hydrogen-bond acceptors (Lipinski definition) is 4. The third-order valence-corrected chi connectivity index (χ3v) is 4.49. The van der Waals surface area contributed by atoms with Crippen LogP contribution in [0.3, 0.4) is 0 Å². The lowest BCUT2D eigenvalue weighted by Crippen LogP contribution is -2.39. The molecule has 2 amide bonds. The van der Waals surface area contributed by atoms with Crippen LogP contribution in [-0.4, -0.2) is 30.7 Å². The number of amides is 2. The number of nitrogens with zero attached hydrogens (tertiary/aromatic N) is 1. The van der Waals surface area contributed by atoms with Gasteiger partial charge in [0.25, 0.3) is 0 Å². The molecule has 1 atom stereocenters. The second-order valence-corrected chi connectivity index (χ2v) is 6.04. The molecule has 126 valence electrons. The SMILES string of the molecule is O=C(NCc1ccoc1)N1CCCC1c1ccc2c(c1)OCCO2. The number of hydrogen-bond donors (Lipinski definition) is 1. The summed E-state index contributed by atoms with van der Waals surface area (Å²) in [5.41, 5.74) is 2.05. The summed E-state index contributed by atoms with van der Waals surface area (Å²) in [6.07, 6.45) is 5.20. The molecule has 1 saturated heterocycles. The predicted molar refractivity (Wildman–Crippen MR) is 87.1 cm³/mol. The van der Waals surface area contributed by atoms with Crippen molar-refractivity contribution in [2.75, 3.05) is 19.8 Å². The lowest BCUT2D eigenvalue weighted by atomic mass is 10.0. The van der Waals surface area contributed by atoms with Crippen molar-refractivity contribution in [3.05, 3.63) is 47.9 Å². The number of fused-ring (bicyclic) bond motifs is 1. The van der Waals surface area contributed by atoms with Gasteiger partial charge in [0.15, 0.2) is 11.5 Å². The molecule has 3 heterocycles. The molecule has 24 heavy (non-hydrogen) atoms. The van der Waals surface area contributed by atoms with E-state index in [1.54, 1.807) is 12.5 Å². The zero-order valence-corrected chi connectivity index (χ0v) is 13.4. The Kier molecular flexibility index (Phi) is 4.02. The topological polar surface area (TPSA) is 63.9 Å². The van der Waals surface area contributed by atoms with Gasteiger partial charge in [-0.3, -0.25) is 0 Å². The smallest absolute Gasteiger partial charge is 0.318 e. The molecule has 0 saturated carbocycles. The summed E-state index contributed by atoms with van der Waals surface area (Å²) in [5.74, 6) is 1.54. The minimum absolute atomic E-state index is 0.0476. The number of urea groups is 1. The average Bonchev–Trinajstić information content (AvgIpc) is 3.31. The maximum absolute atomic E-state index is 12.5. The van der Waals surface area contributed by atoms with Crippen LogP contribution in [0.15, 0.2) is 41.2 Å². The standard InChI is InChI=1S/C18H20N2O4/c21-18(19-11-13-5-7-22-12-13)20-6-1-2-15(20)14-3-4-16-17(10-14)24-9-8-23-16/h3-5,7,10,12,15H,1-2,6,8-9,11H2,(H,19,21). The molecule has 1 N–H and O–H groups in total. The quantitative estimate of drug-likeness (QED) is 0.940. The van der Waals surface area contributed by atoms with Crippen LogP contribution in [0, 0.1) is 0 Å². The number of furan rings is 1. The highest BCUT2D eigenvalue weighted by molar-refractivity contribution is 5.75. The summed E-state index contributed by atoms with van der Waals surface area (Å²) in [4.78, 5) is 14.4. The van der Waals surface area contributed by atoms with Gasteiger partial charge in [0.05, 0.1) is 18.6 Å². The van der Waals surface area contributed by atoms with Crippen LogP contribution in [0.25, 0.3) is 0 Å². The predicted octanol–water partition coefficient (Wildman–Crippen LogP) is 3.10. The molecule has 1 aromatic heterocycles. The van der Waals surface area contributed by atoms with Crippen molar-refractivity contribution >= 4 is 6.03 Å². The van der Waals surface area contributed by atoms with Gasteiger partial charge in [-0.1, -0.05) is 6.07 Å². The molecule has 0 spiro atoms. The third kappa shape index (κ3) is 2.91. The summed E-state index contributed by atoms with van der Waals surface area (Å²) in [7, 11) is 0. The van der Waals surface area contributed by atoms with Gasteiger partial charge in [-0.25, -0.2) is 4.79 Å². The Morgan fingerprint density at radius 1 is 1.21 bits per heavy atom. The Hall–Kier alpha value is -2.63. The first-order valence-corrected chi connectivity index (χ1v) is 8.26. The first kappa shape index (κ1) is 14.9. The van der Waals surface area contributed by atoms with Gasteiger partial charge < -0.3 is 24.1 Å². The summed E-state index contributed by atoms with van der Waals surface area (Å²) in [5, 5.41) is 2.96. The van der Waals surface area contributed by atoms with E-state index in [9.17, 15) is 4.79 Å². The van der Waals surface area contributed by atoms with E-state index < -0.39 is 0 Å². The maximum Gasteiger partial charge on any atom is 0.318 e. The van der Waals surface area contributed by atoms with Crippen molar-refractivity contribution in [2.45, 2.75) is 25.4 Å². The first-order chi connectivity index (χ1) is 11.8. The van der Waals surface area contributed by atoms with E-state index in [0.717, 1.165) is 42.0 Å². The minimum Gasteiger partial charge on any atom is -0.486 e. The fraction of sp³-hybridized carbons (Fsp3) is 0.389. The maximum atomic E-state index is 12.5. The summed E-state index contributed by atoms with van der Waals surface area (Å²) >= 11 is 0. The zero-order valence-electron chi connectivity index (χ0n) is 13.4. The average molecular weight is 328 g/mol. The van der Waals surface area contributed by atoms with Crippen LogP contribution in [0.5, 0.6) is 11.5 Å². The second-order valence-electron chi connectivity index (χ2n) is 6.04. The first-order valence-electron chi connectivity index (χ1n) is 8.26. The highest BCUT2D eigenvalue weighted by Crippen LogP contribution is 2.38. The van der Waals surface area contributed by atoms with Gasteiger partial charge >= 0.3 is 6.03 Å². The molecular formula is C18H20N2O4. The van der Waals surface area contributed by atoms with E-state index in [0.29, 0.717) is 19.8 Å². The molecule has 6 nitrogen and oxygen atoms in total. The summed E-state index contributed by atoms with van der Waals surface area (Å²) < 4.78 is 16.3. The van der Waals surface area contributed by atoms with E-state index >= 15 is 0 Å². The third-order valence-electron chi connectivity index (χ3n) is 4.49. The van der Waals surface area contributed by atoms with Crippen LogP contribution in [0.1, 0.15) is 30.0 Å². The number of benzene rings is 1. The van der Waals surface area contributed by atoms with Gasteiger partial charge in [-0.15, -0.1) is 0 Å². The Bertz CT molecular complexity index is 714. The molecule has 2 aliphatic heterocycles. The zero-order chi connectivity index (χ0) is 16.4. The van der Waals surface area contributed by atoms with E-state index in [-0.39, 0.29) is 12.1 Å². The molecule has 4 rings (SSSR count). The Morgan fingerprint density at radius 2 is 2.08 bits per heavy atom. The Labute approximate surface area is 140 Å². The van der Waals surface area contributed by atoms with E-state index in [1.165, 1.54) is 0 Å². The van der Waals surface area contributed by atoms with Crippen molar-refractivity contribution < 1.29 is 18.7 Å². The number of ether oxygens (including phenoxy) is 2. The number of carbonyl (C=O) groups excluding carboxylic acids is 1. The number of carbonyl (C=O) groups is 1. The fourth-order valence-electron chi connectivity index (χ4n) is 3.30. The van der Waals surface area contributed by atoms with Crippen LogP contribution in [0.2, 0.25) is 0 Å². The van der Waals surface area contributed by atoms with Crippen LogP contribution >= 0.6 is 0 Å². The molecule has 1 fully saturated rings. The molecule has 2 aliphatic rings. The molecule has 1 unspecified atom stereocenters. The van der Waals surface area contributed by atoms with Gasteiger partial charge in [0.2, 0.25) is 0 Å². The summed E-state index contributed by atoms with van der Waals surface area (Å²) in [6, 6.07) is 7.84. The minimum atomic E-state index is -0.0476. The van der Waals surface area contributed by atoms with E-state index in [1.807, 2.05) is 29.2 Å². The van der Waals surface area contributed by atoms with Crippen molar-refractivity contribution in [2.24, 2.45) is 0 Å². The van der Waals surface area contributed by atoms with Crippen molar-refractivity contribution in [3.8, 4) is 11.5 Å². The normalized spacial score (nSPS) is 19.3. The molecule has 6 heteroatoms. The Morgan fingerprint density at radius 3 is 2.92 bits per heavy atom. The highest BCUT2D eigenvalue weighted by Gasteiger charge is 2.30. The van der Waals surface area contributed by atoms with Crippen LogP contribution in [0.4, 0.5) is 4.79 Å². The van der Waals surface area contributed by atoms with Gasteiger partial charge in [-0.05, 0) is 36.6 Å². The highest BCUT2D eigenvalue weighted by atomic mass is 16.6. The van der Waals surface area contributed by atoms with Crippen molar-refractivity contribution in [1.29, 1.82) is 0 Å². The van der Waals surface area contributed by atoms with Crippen LogP contribution in [-0.2, 0) is 6.54 Å². The van der Waals surface area contributed by atoms with E-state index in [2.05, 4.69) is 5.32 Å². The molecular weight excluding hydrogens is 308 g/mol. The Balaban J connectivity index is 1.47. The molecule has 0 radical (unpaired) electrons. The van der Waals surface area contributed by atoms with E-state index in [4.69, 9.17) is 13.9 Å². The lowest BCUT2D eigenvalue weighted by molar-refractivity contribution is 0.170. The van der Waals surface area contributed by atoms with Crippen molar-refractivity contribution in [1.82, 2.24) is 10.2 Å². The van der Waals surface area contributed by atoms with Gasteiger partial charge in [0.1, 0.15) is 13.2 Å². The molecule has 0 bridgehead atoms. The number of nitrogens with one attached hydrogen (secondary N) is 1. The van der Waals surface area contributed by atoms with Gasteiger partial charge in [0, 0.05) is 18.7 Å². The van der Waals surface area contributed by atoms with Gasteiger partial charge in [-0.2, -0.15) is 0 Å². The van der Waals surface area contributed by atoms with Crippen molar-refractivity contribution in [3.63, 3.8) is 0 Å². The lowest BCUT2D eigenvalue weighted by Gasteiger charge is -2.26. The summed E-state index contributed by atoms with van der Waals surface area (Å²) in [6.45, 7) is 2.38. The fourth-order valence-corrected chi connectivity index (χ4v) is 3.30. The molecule has 1 aromatic carbocycles. The molecule has 0 aliphatic carbocycles.